The quantitative estimate of drug-likeness (QED) is 0.557. The number of benzene rings is 1. The van der Waals surface area contributed by atoms with E-state index in [4.69, 9.17) is 14.2 Å². The molecule has 0 bridgehead atoms. The van der Waals surface area contributed by atoms with E-state index in [1.165, 1.54) is 10.6 Å². The van der Waals surface area contributed by atoms with Gasteiger partial charge in [-0.15, -0.1) is 0 Å². The van der Waals surface area contributed by atoms with Gasteiger partial charge in [-0.3, -0.25) is 9.55 Å². The first-order valence-corrected chi connectivity index (χ1v) is 9.92. The number of fused-ring (bicyclic) bond motifs is 1. The van der Waals surface area contributed by atoms with Crippen LogP contribution in [-0.4, -0.2) is 33.3 Å². The summed E-state index contributed by atoms with van der Waals surface area (Å²) in [6.07, 6.45) is -3.93. The van der Waals surface area contributed by atoms with Gasteiger partial charge in [-0.1, -0.05) is 0 Å². The van der Waals surface area contributed by atoms with E-state index < -0.39 is 40.7 Å². The fraction of sp³-hybridized carbons (Fsp3) is 0.286. The number of anilines is 1. The lowest BCUT2D eigenvalue weighted by atomic mass is 9.99. The SMILES string of the molecule is O=c1nc(OCc2cc(F)c(Oc3ccnc(C(F)(F)F)c3)c(F)c2)cc2n1CC1(COC1)N2. The summed E-state index contributed by atoms with van der Waals surface area (Å²) in [6.45, 7) is 0.989. The second-order valence-electron chi connectivity index (χ2n) is 7.90. The van der Waals surface area contributed by atoms with E-state index in [0.29, 0.717) is 31.6 Å². The number of halogens is 5. The first-order chi connectivity index (χ1) is 16.1. The van der Waals surface area contributed by atoms with Crippen LogP contribution in [0.25, 0.3) is 0 Å². The number of nitrogens with zero attached hydrogens (tertiary/aromatic N) is 3. The lowest BCUT2D eigenvalue weighted by molar-refractivity contribution is -0.141. The predicted molar refractivity (Wildman–Crippen MR) is 106 cm³/mol. The standard InChI is InChI=1S/C21H15F5N4O4/c22-13-3-11(4-14(23)18(13)34-12-1-2-27-15(5-12)21(24,25)26)7-33-17-6-16-29-20(9-32-10-20)8-30(16)19(31)28-17/h1-6,29H,7-10H2. The fourth-order valence-electron chi connectivity index (χ4n) is 3.64. The lowest BCUT2D eigenvalue weighted by Gasteiger charge is -2.37. The highest BCUT2D eigenvalue weighted by atomic mass is 19.4. The largest absolute Gasteiger partial charge is 0.473 e. The van der Waals surface area contributed by atoms with Gasteiger partial charge in [0.2, 0.25) is 5.88 Å². The summed E-state index contributed by atoms with van der Waals surface area (Å²) in [5, 5.41) is 3.20. The number of rotatable bonds is 5. The normalized spacial score (nSPS) is 16.0. The molecule has 0 radical (unpaired) electrons. The van der Waals surface area contributed by atoms with Crippen LogP contribution in [0, 0.1) is 11.6 Å². The Morgan fingerprint density at radius 1 is 1.15 bits per heavy atom. The minimum atomic E-state index is -4.74. The van der Waals surface area contributed by atoms with Crippen molar-refractivity contribution in [2.24, 2.45) is 0 Å². The Hall–Kier alpha value is -3.74. The Morgan fingerprint density at radius 3 is 2.53 bits per heavy atom. The molecule has 2 aromatic heterocycles. The van der Waals surface area contributed by atoms with E-state index in [1.807, 2.05) is 0 Å². The van der Waals surface area contributed by atoms with Crippen molar-refractivity contribution >= 4 is 5.82 Å². The van der Waals surface area contributed by atoms with Crippen molar-refractivity contribution in [1.29, 1.82) is 0 Å². The van der Waals surface area contributed by atoms with Gasteiger partial charge >= 0.3 is 11.9 Å². The Kier molecular flexibility index (Phi) is 5.15. The van der Waals surface area contributed by atoms with Crippen LogP contribution in [0.15, 0.2) is 41.3 Å². The van der Waals surface area contributed by atoms with Gasteiger partial charge in [0.15, 0.2) is 17.4 Å². The number of aromatic nitrogens is 3. The molecule has 5 rings (SSSR count). The Labute approximate surface area is 187 Å². The molecule has 0 unspecified atom stereocenters. The van der Waals surface area contributed by atoms with Gasteiger partial charge in [0, 0.05) is 18.3 Å². The summed E-state index contributed by atoms with van der Waals surface area (Å²) in [6, 6.07) is 4.88. The average molecular weight is 482 g/mol. The van der Waals surface area contributed by atoms with Gasteiger partial charge in [-0.2, -0.15) is 18.2 Å². The zero-order valence-corrected chi connectivity index (χ0v) is 17.2. The van der Waals surface area contributed by atoms with Crippen LogP contribution in [0.5, 0.6) is 17.4 Å². The average Bonchev–Trinajstić information content (AvgIpc) is 3.16. The summed E-state index contributed by atoms with van der Waals surface area (Å²) in [5.41, 5.74) is -2.10. The van der Waals surface area contributed by atoms with Gasteiger partial charge in [0.25, 0.3) is 0 Å². The van der Waals surface area contributed by atoms with Crippen LogP contribution in [0.1, 0.15) is 11.3 Å². The molecule has 1 N–H and O–H groups in total. The number of pyridine rings is 1. The Balaban J connectivity index is 1.30. The Bertz CT molecular complexity index is 1300. The highest BCUT2D eigenvalue weighted by molar-refractivity contribution is 5.47. The molecule has 2 aliphatic rings. The van der Waals surface area contributed by atoms with Gasteiger partial charge in [-0.25, -0.2) is 13.6 Å². The van der Waals surface area contributed by atoms with Gasteiger partial charge < -0.3 is 19.5 Å². The fourth-order valence-corrected chi connectivity index (χ4v) is 3.64. The van der Waals surface area contributed by atoms with Crippen LogP contribution in [-0.2, 0) is 24.1 Å². The maximum atomic E-state index is 14.5. The van der Waals surface area contributed by atoms with Gasteiger partial charge in [0.05, 0.1) is 19.8 Å². The number of hydrogen-bond acceptors (Lipinski definition) is 7. The van der Waals surface area contributed by atoms with E-state index in [9.17, 15) is 26.7 Å². The summed E-state index contributed by atoms with van der Waals surface area (Å²) >= 11 is 0. The monoisotopic (exact) mass is 482 g/mol. The lowest BCUT2D eigenvalue weighted by Crippen LogP contribution is -2.55. The van der Waals surface area contributed by atoms with E-state index in [1.54, 1.807) is 0 Å². The summed E-state index contributed by atoms with van der Waals surface area (Å²) < 4.78 is 84.4. The maximum Gasteiger partial charge on any atom is 0.433 e. The molecule has 0 atom stereocenters. The van der Waals surface area contributed by atoms with Gasteiger partial charge in [-0.05, 0) is 23.8 Å². The molecule has 34 heavy (non-hydrogen) atoms. The predicted octanol–water partition coefficient (Wildman–Crippen LogP) is 3.50. The zero-order chi connectivity index (χ0) is 24.1. The molecule has 8 nitrogen and oxygen atoms in total. The van der Waals surface area contributed by atoms with Crippen molar-refractivity contribution in [3.63, 3.8) is 0 Å². The minimum Gasteiger partial charge on any atom is -0.473 e. The molecule has 1 aromatic carbocycles. The van der Waals surface area contributed by atoms with Crippen LogP contribution < -0.4 is 20.5 Å². The molecular formula is C21H15F5N4O4. The highest BCUT2D eigenvalue weighted by Gasteiger charge is 2.44. The highest BCUT2D eigenvalue weighted by Crippen LogP contribution is 2.34. The van der Waals surface area contributed by atoms with E-state index in [2.05, 4.69) is 15.3 Å². The molecule has 0 amide bonds. The van der Waals surface area contributed by atoms with Crippen molar-refractivity contribution in [2.45, 2.75) is 24.9 Å². The van der Waals surface area contributed by atoms with Crippen molar-refractivity contribution in [3.05, 3.63) is 69.9 Å². The molecule has 178 valence electrons. The number of nitrogens with one attached hydrogen (secondary N) is 1. The van der Waals surface area contributed by atoms with E-state index in [-0.39, 0.29) is 23.6 Å². The molecule has 1 spiro atoms. The third kappa shape index (κ3) is 4.14. The smallest absolute Gasteiger partial charge is 0.433 e. The molecular weight excluding hydrogens is 467 g/mol. The molecule has 3 aromatic rings. The number of hydrogen-bond donors (Lipinski definition) is 1. The molecule has 0 saturated carbocycles. The molecule has 4 heterocycles. The first kappa shape index (κ1) is 22.1. The maximum absolute atomic E-state index is 14.5. The van der Waals surface area contributed by atoms with Crippen LogP contribution in [0.4, 0.5) is 27.8 Å². The topological polar surface area (TPSA) is 87.5 Å². The number of alkyl halides is 3. The van der Waals surface area contributed by atoms with Crippen molar-refractivity contribution in [1.82, 2.24) is 14.5 Å². The molecule has 1 fully saturated rings. The van der Waals surface area contributed by atoms with Crippen molar-refractivity contribution < 1.29 is 36.2 Å². The summed E-state index contributed by atoms with van der Waals surface area (Å²) in [4.78, 5) is 19.2. The third-order valence-electron chi connectivity index (χ3n) is 5.28. The van der Waals surface area contributed by atoms with Crippen LogP contribution in [0.2, 0.25) is 0 Å². The van der Waals surface area contributed by atoms with E-state index >= 15 is 0 Å². The molecule has 0 aliphatic carbocycles. The van der Waals surface area contributed by atoms with Crippen LogP contribution >= 0.6 is 0 Å². The first-order valence-electron chi connectivity index (χ1n) is 9.92. The van der Waals surface area contributed by atoms with Crippen molar-refractivity contribution in [2.75, 3.05) is 18.5 Å². The zero-order valence-electron chi connectivity index (χ0n) is 17.2. The van der Waals surface area contributed by atoms with Gasteiger partial charge in [0.1, 0.15) is 29.4 Å². The second kappa shape index (κ2) is 7.94. The molecule has 13 heteroatoms. The number of ether oxygens (including phenoxy) is 3. The Morgan fingerprint density at radius 2 is 1.88 bits per heavy atom. The van der Waals surface area contributed by atoms with Crippen LogP contribution in [0.3, 0.4) is 0 Å². The summed E-state index contributed by atoms with van der Waals surface area (Å²) in [7, 11) is 0. The molecule has 2 aliphatic heterocycles. The third-order valence-corrected chi connectivity index (χ3v) is 5.28. The minimum absolute atomic E-state index is 0.0429. The second-order valence-corrected chi connectivity index (χ2v) is 7.90. The molecule has 1 saturated heterocycles. The summed E-state index contributed by atoms with van der Waals surface area (Å²) in [5.74, 6) is -3.17. The van der Waals surface area contributed by atoms with E-state index in [0.717, 1.165) is 24.4 Å². The van der Waals surface area contributed by atoms with Crippen molar-refractivity contribution in [3.8, 4) is 17.4 Å².